The first-order valence-corrected chi connectivity index (χ1v) is 8.01. The van der Waals surface area contributed by atoms with Crippen LogP contribution in [0.2, 0.25) is 0 Å². The summed E-state index contributed by atoms with van der Waals surface area (Å²) in [6, 6.07) is 0. The van der Waals surface area contributed by atoms with E-state index in [1.165, 1.54) is 11.3 Å². The third-order valence-corrected chi connectivity index (χ3v) is 4.15. The third kappa shape index (κ3) is 3.76. The van der Waals surface area contributed by atoms with Crippen LogP contribution in [0.3, 0.4) is 0 Å². The fourth-order valence-electron chi connectivity index (χ4n) is 2.26. The number of H-pyrrole nitrogens is 1. The van der Waals surface area contributed by atoms with Gasteiger partial charge in [-0.2, -0.15) is 5.10 Å². The number of amides is 1. The Morgan fingerprint density at radius 3 is 2.59 bits per heavy atom. The Labute approximate surface area is 132 Å². The van der Waals surface area contributed by atoms with Gasteiger partial charge >= 0.3 is 0 Å². The summed E-state index contributed by atoms with van der Waals surface area (Å²) in [6.07, 6.45) is 1.63. The number of hydrogen-bond acceptors (Lipinski definition) is 6. The number of nitrogens with one attached hydrogen (secondary N) is 2. The van der Waals surface area contributed by atoms with Gasteiger partial charge in [-0.05, 0) is 25.3 Å². The largest absolute Gasteiger partial charge is 0.351 e. The summed E-state index contributed by atoms with van der Waals surface area (Å²) < 4.78 is 0. The van der Waals surface area contributed by atoms with Crippen LogP contribution in [0.25, 0.3) is 0 Å². The van der Waals surface area contributed by atoms with Crippen LogP contribution in [0.5, 0.6) is 0 Å². The second-order valence-corrected chi connectivity index (χ2v) is 6.10. The van der Waals surface area contributed by atoms with E-state index < -0.39 is 0 Å². The summed E-state index contributed by atoms with van der Waals surface area (Å²) in [5.74, 6) is -0.174. The van der Waals surface area contributed by atoms with E-state index in [4.69, 9.17) is 0 Å². The van der Waals surface area contributed by atoms with Crippen molar-refractivity contribution in [3.05, 3.63) is 37.2 Å². The molecule has 0 aliphatic carbocycles. The third-order valence-electron chi connectivity index (χ3n) is 3.31. The van der Waals surface area contributed by atoms with E-state index in [2.05, 4.69) is 25.7 Å². The van der Waals surface area contributed by atoms with Gasteiger partial charge in [-0.1, -0.05) is 13.8 Å². The molecule has 0 bridgehead atoms. The molecule has 2 rings (SSSR count). The Morgan fingerprint density at radius 2 is 2.00 bits per heavy atom. The molecule has 7 nitrogen and oxygen atoms in total. The average Bonchev–Trinajstić information content (AvgIpc) is 2.90. The molecular formula is C14H19N5O2S. The Balaban J connectivity index is 2.07. The van der Waals surface area contributed by atoms with Gasteiger partial charge in [0.05, 0.1) is 12.1 Å². The van der Waals surface area contributed by atoms with Crippen LogP contribution < -0.4 is 10.9 Å². The van der Waals surface area contributed by atoms with Crippen molar-refractivity contribution in [1.29, 1.82) is 0 Å². The van der Waals surface area contributed by atoms with Gasteiger partial charge in [-0.3, -0.25) is 9.59 Å². The second-order valence-electron chi connectivity index (χ2n) is 4.83. The van der Waals surface area contributed by atoms with Crippen molar-refractivity contribution in [3.63, 3.8) is 0 Å². The Hall–Kier alpha value is -2.09. The van der Waals surface area contributed by atoms with Gasteiger partial charge in [0.1, 0.15) is 10.0 Å². The first-order valence-electron chi connectivity index (χ1n) is 7.20. The number of carbonyl (C=O) groups excluding carboxylic acids is 1. The Kier molecular flexibility index (Phi) is 5.37. The number of aromatic amines is 1. The maximum absolute atomic E-state index is 12.0. The number of aryl methyl sites for hydroxylation is 2. The predicted octanol–water partition coefficient (Wildman–Crippen LogP) is 0.914. The minimum atomic E-state index is -0.249. The quantitative estimate of drug-likeness (QED) is 0.824. The summed E-state index contributed by atoms with van der Waals surface area (Å²) in [7, 11) is 0. The summed E-state index contributed by atoms with van der Waals surface area (Å²) in [6.45, 7) is 6.00. The van der Waals surface area contributed by atoms with Gasteiger partial charge in [-0.25, -0.2) is 5.10 Å². The lowest BCUT2D eigenvalue weighted by molar-refractivity contribution is -0.120. The highest BCUT2D eigenvalue weighted by atomic mass is 32.1. The summed E-state index contributed by atoms with van der Waals surface area (Å²) in [5, 5.41) is 18.6. The highest BCUT2D eigenvalue weighted by Gasteiger charge is 2.14. The Morgan fingerprint density at radius 1 is 1.23 bits per heavy atom. The second kappa shape index (κ2) is 7.26. The fourth-order valence-corrected chi connectivity index (χ4v) is 2.96. The van der Waals surface area contributed by atoms with Gasteiger partial charge in [-0.15, -0.1) is 21.5 Å². The van der Waals surface area contributed by atoms with Crippen molar-refractivity contribution in [3.8, 4) is 0 Å². The summed E-state index contributed by atoms with van der Waals surface area (Å²) in [4.78, 5) is 23.9. The summed E-state index contributed by atoms with van der Waals surface area (Å²) in [5.41, 5.74) is 2.11. The average molecular weight is 321 g/mol. The molecule has 2 aromatic rings. The highest BCUT2D eigenvalue weighted by Crippen LogP contribution is 2.11. The molecule has 0 spiro atoms. The van der Waals surface area contributed by atoms with Gasteiger partial charge < -0.3 is 5.32 Å². The van der Waals surface area contributed by atoms with E-state index in [0.29, 0.717) is 17.0 Å². The number of nitrogens with zero attached hydrogens (tertiary/aromatic N) is 3. The molecule has 1 amide bonds. The molecule has 8 heteroatoms. The Bertz CT molecular complexity index is 722. The standard InChI is InChI=1S/C14H19N5O2S/c1-4-9-10(14(21)19-17-11(9)5-2)7-15-12(20)6-13-18-16-8(3)22-13/h4-7H2,1-3H3,(H,15,20)(H,19,21). The predicted molar refractivity (Wildman–Crippen MR) is 83.8 cm³/mol. The molecule has 118 valence electrons. The molecule has 0 aromatic carbocycles. The first-order chi connectivity index (χ1) is 10.5. The van der Waals surface area contributed by atoms with Gasteiger partial charge in [0.25, 0.3) is 5.56 Å². The molecule has 0 saturated carbocycles. The van der Waals surface area contributed by atoms with Crippen molar-refractivity contribution >= 4 is 17.2 Å². The normalized spacial score (nSPS) is 10.7. The molecule has 0 radical (unpaired) electrons. The minimum absolute atomic E-state index is 0.174. The van der Waals surface area contributed by atoms with E-state index in [9.17, 15) is 9.59 Å². The fraction of sp³-hybridized carbons (Fsp3) is 0.500. The molecule has 0 aliphatic heterocycles. The number of carbonyl (C=O) groups is 1. The van der Waals surface area contributed by atoms with Gasteiger partial charge in [0, 0.05) is 12.1 Å². The molecule has 22 heavy (non-hydrogen) atoms. The van der Waals surface area contributed by atoms with Gasteiger partial charge in [0.15, 0.2) is 0 Å². The molecule has 0 unspecified atom stereocenters. The molecule has 2 N–H and O–H groups in total. The van der Waals surface area contributed by atoms with Crippen LogP contribution in [0.1, 0.15) is 40.7 Å². The highest BCUT2D eigenvalue weighted by molar-refractivity contribution is 7.11. The van der Waals surface area contributed by atoms with Crippen molar-refractivity contribution < 1.29 is 4.79 Å². The van der Waals surface area contributed by atoms with E-state index in [1.807, 2.05) is 20.8 Å². The van der Waals surface area contributed by atoms with E-state index in [0.717, 1.165) is 22.7 Å². The lowest BCUT2D eigenvalue weighted by atomic mass is 10.0. The molecule has 0 fully saturated rings. The molecular weight excluding hydrogens is 302 g/mol. The molecule has 2 heterocycles. The van der Waals surface area contributed by atoms with Crippen molar-refractivity contribution in [1.82, 2.24) is 25.7 Å². The van der Waals surface area contributed by atoms with Gasteiger partial charge in [0.2, 0.25) is 5.91 Å². The van der Waals surface area contributed by atoms with Crippen LogP contribution in [0.15, 0.2) is 4.79 Å². The molecule has 0 atom stereocenters. The first kappa shape index (κ1) is 16.3. The van der Waals surface area contributed by atoms with Crippen molar-refractivity contribution in [2.75, 3.05) is 0 Å². The summed E-state index contributed by atoms with van der Waals surface area (Å²) >= 11 is 1.39. The van der Waals surface area contributed by atoms with Crippen molar-refractivity contribution in [2.24, 2.45) is 0 Å². The topological polar surface area (TPSA) is 101 Å². The smallest absolute Gasteiger partial charge is 0.269 e. The van der Waals surface area contributed by atoms with Crippen molar-refractivity contribution in [2.45, 2.75) is 46.6 Å². The number of rotatable bonds is 6. The number of hydrogen-bond donors (Lipinski definition) is 2. The number of aromatic nitrogens is 4. The van der Waals surface area contributed by atoms with Crippen LogP contribution in [-0.2, 0) is 30.6 Å². The zero-order valence-electron chi connectivity index (χ0n) is 12.9. The molecule has 2 aromatic heterocycles. The zero-order valence-corrected chi connectivity index (χ0v) is 13.7. The minimum Gasteiger partial charge on any atom is -0.351 e. The monoisotopic (exact) mass is 321 g/mol. The molecule has 0 aliphatic rings. The SMILES string of the molecule is CCc1n[nH]c(=O)c(CNC(=O)Cc2nnc(C)s2)c1CC. The van der Waals surface area contributed by atoms with E-state index in [1.54, 1.807) is 0 Å². The van der Waals surface area contributed by atoms with Crippen LogP contribution in [0, 0.1) is 6.92 Å². The molecule has 0 saturated heterocycles. The van der Waals surface area contributed by atoms with E-state index in [-0.39, 0.29) is 24.4 Å². The lowest BCUT2D eigenvalue weighted by Crippen LogP contribution is -2.30. The maximum atomic E-state index is 12.0. The van der Waals surface area contributed by atoms with E-state index >= 15 is 0 Å². The van der Waals surface area contributed by atoms with Crippen LogP contribution in [0.4, 0.5) is 0 Å². The maximum Gasteiger partial charge on any atom is 0.269 e. The lowest BCUT2D eigenvalue weighted by Gasteiger charge is -2.11. The zero-order chi connectivity index (χ0) is 16.1. The van der Waals surface area contributed by atoms with Crippen LogP contribution >= 0.6 is 11.3 Å². The van der Waals surface area contributed by atoms with Crippen LogP contribution in [-0.4, -0.2) is 26.3 Å².